The van der Waals surface area contributed by atoms with E-state index in [0.29, 0.717) is 5.92 Å². The van der Waals surface area contributed by atoms with Crippen LogP contribution in [-0.4, -0.2) is 38.0 Å². The van der Waals surface area contributed by atoms with E-state index in [1.807, 2.05) is 24.1 Å². The largest absolute Gasteiger partial charge is 0.297 e. The van der Waals surface area contributed by atoms with Crippen molar-refractivity contribution in [1.29, 1.82) is 0 Å². The number of rotatable bonds is 3. The molecule has 0 aromatic carbocycles. The van der Waals surface area contributed by atoms with Gasteiger partial charge in [0.05, 0.1) is 5.69 Å². The molecule has 3 heterocycles. The van der Waals surface area contributed by atoms with Crippen LogP contribution in [0.15, 0.2) is 24.5 Å². The van der Waals surface area contributed by atoms with Crippen LogP contribution in [0.2, 0.25) is 0 Å². The van der Waals surface area contributed by atoms with Gasteiger partial charge in [-0.3, -0.25) is 14.7 Å². The van der Waals surface area contributed by atoms with Crippen molar-refractivity contribution in [1.82, 2.24) is 24.9 Å². The predicted molar refractivity (Wildman–Crippen MR) is 64.4 cm³/mol. The van der Waals surface area contributed by atoms with Crippen molar-refractivity contribution < 1.29 is 0 Å². The van der Waals surface area contributed by atoms with Crippen LogP contribution in [0.3, 0.4) is 0 Å². The number of nitrogens with zero attached hydrogens (tertiary/aromatic N) is 4. The second kappa shape index (κ2) is 4.33. The molecule has 1 aliphatic rings. The molecular formula is C12H17N5. The van der Waals surface area contributed by atoms with Gasteiger partial charge >= 0.3 is 0 Å². The lowest BCUT2D eigenvalue weighted by Gasteiger charge is -2.13. The molecule has 0 unspecified atom stereocenters. The van der Waals surface area contributed by atoms with Gasteiger partial charge in [0.15, 0.2) is 0 Å². The Morgan fingerprint density at radius 3 is 3.12 bits per heavy atom. The smallest absolute Gasteiger partial charge is 0.0764 e. The number of aryl methyl sites for hydroxylation is 1. The van der Waals surface area contributed by atoms with Crippen molar-refractivity contribution >= 4 is 0 Å². The third kappa shape index (κ3) is 2.24. The van der Waals surface area contributed by atoms with E-state index in [-0.39, 0.29) is 0 Å². The molecule has 90 valence electrons. The minimum atomic E-state index is 0.598. The lowest BCUT2D eigenvalue weighted by atomic mass is 10.1. The van der Waals surface area contributed by atoms with Gasteiger partial charge in [0.25, 0.3) is 0 Å². The van der Waals surface area contributed by atoms with Crippen molar-refractivity contribution in [2.75, 3.05) is 13.1 Å². The van der Waals surface area contributed by atoms with Crippen LogP contribution >= 0.6 is 0 Å². The first-order chi connectivity index (χ1) is 8.31. The van der Waals surface area contributed by atoms with Crippen LogP contribution in [0.4, 0.5) is 0 Å². The molecule has 1 atom stereocenters. The van der Waals surface area contributed by atoms with E-state index < -0.39 is 0 Å². The molecule has 1 aliphatic heterocycles. The monoisotopic (exact) mass is 231 g/mol. The fourth-order valence-electron chi connectivity index (χ4n) is 2.50. The van der Waals surface area contributed by atoms with E-state index in [9.17, 15) is 0 Å². The fourth-order valence-corrected chi connectivity index (χ4v) is 2.50. The first kappa shape index (κ1) is 10.5. The predicted octanol–water partition coefficient (Wildman–Crippen LogP) is 1.13. The topological polar surface area (TPSA) is 49.7 Å². The molecule has 0 amide bonds. The lowest BCUT2D eigenvalue weighted by molar-refractivity contribution is 0.321. The Hall–Kier alpha value is -1.62. The second-order valence-electron chi connectivity index (χ2n) is 4.71. The van der Waals surface area contributed by atoms with E-state index in [1.165, 1.54) is 12.1 Å². The highest BCUT2D eigenvalue weighted by molar-refractivity contribution is 5.09. The molecule has 0 radical (unpaired) electrons. The zero-order valence-corrected chi connectivity index (χ0v) is 10.0. The Kier molecular flexibility index (Phi) is 2.68. The number of aromatic amines is 1. The third-order valence-electron chi connectivity index (χ3n) is 3.39. The molecule has 0 spiro atoms. The van der Waals surface area contributed by atoms with Crippen LogP contribution in [0.25, 0.3) is 0 Å². The van der Waals surface area contributed by atoms with Crippen molar-refractivity contribution in [2.45, 2.75) is 18.9 Å². The van der Waals surface area contributed by atoms with Crippen LogP contribution in [0.1, 0.15) is 23.7 Å². The number of likely N-dealkylation sites (tertiary alicyclic amines) is 1. The van der Waals surface area contributed by atoms with E-state index >= 15 is 0 Å². The molecule has 1 saturated heterocycles. The van der Waals surface area contributed by atoms with E-state index in [4.69, 9.17) is 0 Å². The summed E-state index contributed by atoms with van der Waals surface area (Å²) >= 11 is 0. The zero-order chi connectivity index (χ0) is 11.7. The fraction of sp³-hybridized carbons (Fsp3) is 0.500. The van der Waals surface area contributed by atoms with E-state index in [0.717, 1.165) is 25.3 Å². The molecule has 0 aliphatic carbocycles. The standard InChI is InChI=1S/C12H17N5/c1-16-6-4-11(15-16)9-17-7-3-10(8-17)12-2-5-13-14-12/h2,4-6,10H,3,7-9H2,1H3,(H,13,14)/t10-/m0/s1. The zero-order valence-electron chi connectivity index (χ0n) is 10.0. The summed E-state index contributed by atoms with van der Waals surface area (Å²) < 4.78 is 1.86. The van der Waals surface area contributed by atoms with Crippen LogP contribution in [-0.2, 0) is 13.6 Å². The average molecular weight is 231 g/mol. The summed E-state index contributed by atoms with van der Waals surface area (Å²) in [6.45, 7) is 3.19. The number of hydrogen-bond donors (Lipinski definition) is 1. The first-order valence-electron chi connectivity index (χ1n) is 6.01. The maximum absolute atomic E-state index is 4.42. The normalized spacial score (nSPS) is 21.1. The molecule has 0 saturated carbocycles. The summed E-state index contributed by atoms with van der Waals surface area (Å²) in [5, 5.41) is 11.5. The SMILES string of the molecule is Cn1ccc(CN2CC[C@H](c3ccn[nH]3)C2)n1. The molecule has 3 rings (SSSR count). The summed E-state index contributed by atoms with van der Waals surface area (Å²) in [6.07, 6.45) is 5.03. The van der Waals surface area contributed by atoms with Gasteiger partial charge in [0, 0.05) is 44.1 Å². The molecular weight excluding hydrogens is 214 g/mol. The number of aromatic nitrogens is 4. The number of hydrogen-bond acceptors (Lipinski definition) is 3. The Labute approximate surface area is 100 Å². The van der Waals surface area contributed by atoms with Crippen molar-refractivity contribution in [3.8, 4) is 0 Å². The van der Waals surface area contributed by atoms with Gasteiger partial charge in [-0.15, -0.1) is 0 Å². The summed E-state index contributed by atoms with van der Waals surface area (Å²) in [6, 6.07) is 4.17. The maximum Gasteiger partial charge on any atom is 0.0764 e. The minimum absolute atomic E-state index is 0.598. The Morgan fingerprint density at radius 2 is 2.41 bits per heavy atom. The molecule has 5 heteroatoms. The molecule has 17 heavy (non-hydrogen) atoms. The minimum Gasteiger partial charge on any atom is -0.297 e. The molecule has 1 fully saturated rings. The average Bonchev–Trinajstić information content (AvgIpc) is 3.00. The quantitative estimate of drug-likeness (QED) is 0.861. The number of nitrogens with one attached hydrogen (secondary N) is 1. The van der Waals surface area contributed by atoms with Gasteiger partial charge in [-0.2, -0.15) is 10.2 Å². The van der Waals surface area contributed by atoms with Gasteiger partial charge in [-0.25, -0.2) is 0 Å². The van der Waals surface area contributed by atoms with Gasteiger partial charge < -0.3 is 0 Å². The van der Waals surface area contributed by atoms with Gasteiger partial charge in [0.2, 0.25) is 0 Å². The highest BCUT2D eigenvalue weighted by atomic mass is 15.3. The highest BCUT2D eigenvalue weighted by Gasteiger charge is 2.24. The Morgan fingerprint density at radius 1 is 1.47 bits per heavy atom. The lowest BCUT2D eigenvalue weighted by Crippen LogP contribution is -2.20. The summed E-state index contributed by atoms with van der Waals surface area (Å²) in [5.74, 6) is 0.598. The van der Waals surface area contributed by atoms with E-state index in [1.54, 1.807) is 0 Å². The second-order valence-corrected chi connectivity index (χ2v) is 4.71. The first-order valence-corrected chi connectivity index (χ1v) is 6.01. The van der Waals surface area contributed by atoms with Gasteiger partial charge in [-0.1, -0.05) is 0 Å². The van der Waals surface area contributed by atoms with Gasteiger partial charge in [-0.05, 0) is 25.1 Å². The van der Waals surface area contributed by atoms with Crippen molar-refractivity contribution in [3.63, 3.8) is 0 Å². The maximum atomic E-state index is 4.42. The van der Waals surface area contributed by atoms with Crippen LogP contribution < -0.4 is 0 Å². The van der Waals surface area contributed by atoms with E-state index in [2.05, 4.69) is 32.3 Å². The van der Waals surface area contributed by atoms with Gasteiger partial charge in [0.1, 0.15) is 0 Å². The molecule has 1 N–H and O–H groups in total. The molecule has 0 bridgehead atoms. The Bertz CT molecular complexity index is 473. The molecule has 2 aromatic heterocycles. The summed E-state index contributed by atoms with van der Waals surface area (Å²) in [5.41, 5.74) is 2.41. The molecule has 5 nitrogen and oxygen atoms in total. The Balaban J connectivity index is 1.61. The highest BCUT2D eigenvalue weighted by Crippen LogP contribution is 2.26. The summed E-state index contributed by atoms with van der Waals surface area (Å²) in [4.78, 5) is 2.45. The van der Waals surface area contributed by atoms with Crippen LogP contribution in [0, 0.1) is 0 Å². The third-order valence-corrected chi connectivity index (χ3v) is 3.39. The molecule has 2 aromatic rings. The summed E-state index contributed by atoms with van der Waals surface area (Å²) in [7, 11) is 1.96. The van der Waals surface area contributed by atoms with Crippen molar-refractivity contribution in [2.24, 2.45) is 7.05 Å². The van der Waals surface area contributed by atoms with Crippen LogP contribution in [0.5, 0.6) is 0 Å². The number of H-pyrrole nitrogens is 1. The van der Waals surface area contributed by atoms with Crippen molar-refractivity contribution in [3.05, 3.63) is 35.9 Å².